The van der Waals surface area contributed by atoms with Gasteiger partial charge in [0.15, 0.2) is 17.3 Å². The highest BCUT2D eigenvalue weighted by molar-refractivity contribution is 5.88. The second-order valence-corrected chi connectivity index (χ2v) is 10.2. The number of aliphatic hydroxyl groups is 7. The molecule has 0 radical (unpaired) electrons. The second-order valence-electron chi connectivity index (χ2n) is 10.2. The lowest BCUT2D eigenvalue weighted by Gasteiger charge is -2.39. The highest BCUT2D eigenvalue weighted by Crippen LogP contribution is 2.40. The van der Waals surface area contributed by atoms with Crippen LogP contribution in [0.1, 0.15) is 6.92 Å². The fraction of sp³-hybridized carbons (Fsp3) is 0.444. The van der Waals surface area contributed by atoms with Crippen LogP contribution in [0.3, 0.4) is 0 Å². The van der Waals surface area contributed by atoms with Gasteiger partial charge in [-0.2, -0.15) is 0 Å². The van der Waals surface area contributed by atoms with Gasteiger partial charge in [0.25, 0.3) is 0 Å². The Bertz CT molecular complexity index is 1540. The summed E-state index contributed by atoms with van der Waals surface area (Å²) in [5, 5.41) is 101. The molecule has 2 fully saturated rings. The van der Waals surface area contributed by atoms with E-state index >= 15 is 0 Å². The lowest BCUT2D eigenvalue weighted by Crippen LogP contribution is -2.60. The minimum atomic E-state index is -1.92. The quantitative estimate of drug-likeness (QED) is 0.135. The molecule has 1 aromatic heterocycles. The van der Waals surface area contributed by atoms with Crippen molar-refractivity contribution in [1.29, 1.82) is 0 Å². The smallest absolute Gasteiger partial charge is 0.239 e. The van der Waals surface area contributed by atoms with Crippen LogP contribution >= 0.6 is 0 Å². The minimum Gasteiger partial charge on any atom is -0.507 e. The molecule has 0 aliphatic carbocycles. The molecule has 2 saturated heterocycles. The highest BCUT2D eigenvalue weighted by atomic mass is 16.7. The van der Waals surface area contributed by atoms with Gasteiger partial charge < -0.3 is 74.4 Å². The maximum absolute atomic E-state index is 13.7. The molecule has 43 heavy (non-hydrogen) atoms. The molecule has 3 aromatic rings. The molecule has 234 valence electrons. The van der Waals surface area contributed by atoms with Gasteiger partial charge in [-0.25, -0.2) is 0 Å². The van der Waals surface area contributed by atoms with Crippen LogP contribution in [0, 0.1) is 0 Å². The zero-order chi connectivity index (χ0) is 31.3. The molecule has 0 bridgehead atoms. The van der Waals surface area contributed by atoms with E-state index in [0.717, 1.165) is 24.3 Å². The van der Waals surface area contributed by atoms with E-state index < -0.39 is 108 Å². The largest absolute Gasteiger partial charge is 0.507 e. The monoisotopic (exact) mass is 610 g/mol. The van der Waals surface area contributed by atoms with Crippen LogP contribution in [0.4, 0.5) is 0 Å². The van der Waals surface area contributed by atoms with E-state index in [9.17, 15) is 55.9 Å². The van der Waals surface area contributed by atoms with Gasteiger partial charge in [-0.15, -0.1) is 0 Å². The summed E-state index contributed by atoms with van der Waals surface area (Å²) in [6, 6.07) is 5.43. The van der Waals surface area contributed by atoms with Gasteiger partial charge in [-0.05, 0) is 25.1 Å². The lowest BCUT2D eigenvalue weighted by molar-refractivity contribution is -0.277. The summed E-state index contributed by atoms with van der Waals surface area (Å²) in [5.41, 5.74) is -1.40. The lowest BCUT2D eigenvalue weighted by atomic mass is 9.99. The topological polar surface area (TPSA) is 269 Å². The molecule has 0 saturated carbocycles. The van der Waals surface area contributed by atoms with Crippen LogP contribution in [-0.2, 0) is 9.47 Å². The number of phenols is 3. The van der Waals surface area contributed by atoms with Gasteiger partial charge in [0.2, 0.25) is 23.8 Å². The van der Waals surface area contributed by atoms with E-state index in [1.54, 1.807) is 0 Å². The first-order chi connectivity index (χ1) is 20.3. The first kappa shape index (κ1) is 30.7. The zero-order valence-electron chi connectivity index (χ0n) is 22.3. The molecule has 16 nitrogen and oxygen atoms in total. The molecule has 2 aromatic carbocycles. The number of ether oxygens (including phenoxy) is 4. The first-order valence-corrected chi connectivity index (χ1v) is 13.0. The summed E-state index contributed by atoms with van der Waals surface area (Å²) in [6.07, 6.45) is -15.9. The Balaban J connectivity index is 1.61. The number of hydrogen-bond donors (Lipinski definition) is 10. The van der Waals surface area contributed by atoms with Crippen molar-refractivity contribution in [3.63, 3.8) is 0 Å². The van der Waals surface area contributed by atoms with Crippen molar-refractivity contribution in [1.82, 2.24) is 0 Å². The van der Waals surface area contributed by atoms with Crippen LogP contribution in [0.2, 0.25) is 0 Å². The van der Waals surface area contributed by atoms with Crippen molar-refractivity contribution in [3.8, 4) is 40.1 Å². The van der Waals surface area contributed by atoms with Gasteiger partial charge in [0, 0.05) is 17.7 Å². The molecule has 2 aliphatic rings. The third kappa shape index (κ3) is 5.55. The van der Waals surface area contributed by atoms with Gasteiger partial charge in [-0.3, -0.25) is 4.79 Å². The van der Waals surface area contributed by atoms with Crippen LogP contribution in [-0.4, -0.2) is 119 Å². The molecular weight excluding hydrogens is 580 g/mol. The predicted octanol–water partition coefficient (Wildman–Crippen LogP) is -2.04. The van der Waals surface area contributed by atoms with E-state index in [-0.39, 0.29) is 16.9 Å². The molecule has 3 heterocycles. The van der Waals surface area contributed by atoms with Crippen molar-refractivity contribution in [3.05, 3.63) is 40.6 Å². The van der Waals surface area contributed by atoms with Gasteiger partial charge in [0.05, 0.1) is 12.7 Å². The third-order valence-corrected chi connectivity index (χ3v) is 7.29. The van der Waals surface area contributed by atoms with Crippen molar-refractivity contribution >= 4 is 11.0 Å². The number of hydrogen-bond acceptors (Lipinski definition) is 16. The summed E-state index contributed by atoms with van der Waals surface area (Å²) < 4.78 is 27.8. The number of fused-ring (bicyclic) bond motifs is 1. The number of rotatable bonds is 6. The van der Waals surface area contributed by atoms with Crippen LogP contribution in [0.25, 0.3) is 22.3 Å². The van der Waals surface area contributed by atoms with Crippen molar-refractivity contribution in [2.75, 3.05) is 6.61 Å². The number of phenolic OH excluding ortho intramolecular Hbond substituents is 3. The normalized spacial score (nSPS) is 32.9. The highest BCUT2D eigenvalue weighted by Gasteiger charge is 2.46. The summed E-state index contributed by atoms with van der Waals surface area (Å²) >= 11 is 0. The van der Waals surface area contributed by atoms with Crippen molar-refractivity contribution in [2.45, 2.75) is 68.3 Å². The van der Waals surface area contributed by atoms with E-state index in [2.05, 4.69) is 0 Å². The summed E-state index contributed by atoms with van der Waals surface area (Å²) in [4.78, 5) is 13.7. The SMILES string of the molecule is C[C@H]1O[C@@H](Oc2cc(O)c3c(=O)c(O[C@@H]4O[C@H](CO)[C@@H](O)[C@H](O)[C@H]4O)c(-c4ccc(O)c(O)c4)oc3c2)[C@H](O)[C@H](O)[C@H]1O. The molecule has 10 atom stereocenters. The Morgan fingerprint density at radius 2 is 1.40 bits per heavy atom. The fourth-order valence-corrected chi connectivity index (χ4v) is 4.81. The molecule has 16 heteroatoms. The standard InChI is InChI=1S/C27H30O16/c1-8-17(32)20(35)22(37)26(39-8)40-10-5-13(31)16-14(6-10)41-24(9-2-3-11(29)12(30)4-9)25(19(16)34)43-27-23(38)21(36)18(33)15(7-28)42-27/h2-6,8,15,17-18,20-23,26-33,35-38H,7H2,1H3/t8-,15-,17+,18-,20-,21+,22-,23-,26+,27+/m1/s1. The molecule has 2 aliphatic heterocycles. The van der Waals surface area contributed by atoms with Crippen LogP contribution in [0.15, 0.2) is 39.5 Å². The molecule has 0 unspecified atom stereocenters. The average molecular weight is 611 g/mol. The molecular formula is C27H30O16. The van der Waals surface area contributed by atoms with E-state index in [4.69, 9.17) is 23.4 Å². The van der Waals surface area contributed by atoms with Gasteiger partial charge >= 0.3 is 0 Å². The Morgan fingerprint density at radius 3 is 2.05 bits per heavy atom. The van der Waals surface area contributed by atoms with E-state index in [1.165, 1.54) is 13.0 Å². The second kappa shape index (κ2) is 11.8. The first-order valence-electron chi connectivity index (χ1n) is 13.0. The molecule has 5 rings (SSSR count). The predicted molar refractivity (Wildman–Crippen MR) is 140 cm³/mol. The van der Waals surface area contributed by atoms with Gasteiger partial charge in [0.1, 0.15) is 65.2 Å². The number of aliphatic hydroxyl groups excluding tert-OH is 7. The van der Waals surface area contributed by atoms with Crippen LogP contribution < -0.4 is 14.9 Å². The Morgan fingerprint density at radius 1 is 0.744 bits per heavy atom. The van der Waals surface area contributed by atoms with Crippen molar-refractivity contribution in [2.24, 2.45) is 0 Å². The van der Waals surface area contributed by atoms with E-state index in [0.29, 0.717) is 0 Å². The number of benzene rings is 2. The number of aromatic hydroxyl groups is 3. The Kier molecular flexibility index (Phi) is 8.41. The fourth-order valence-electron chi connectivity index (χ4n) is 4.81. The summed E-state index contributed by atoms with van der Waals surface area (Å²) in [6.45, 7) is 0.650. The van der Waals surface area contributed by atoms with Crippen LogP contribution in [0.5, 0.6) is 28.7 Å². The Hall–Kier alpha value is -3.71. The van der Waals surface area contributed by atoms with Gasteiger partial charge in [-0.1, -0.05) is 0 Å². The third-order valence-electron chi connectivity index (χ3n) is 7.29. The molecule has 10 N–H and O–H groups in total. The molecule has 0 amide bonds. The maximum Gasteiger partial charge on any atom is 0.239 e. The average Bonchev–Trinajstić information content (AvgIpc) is 2.97. The summed E-state index contributed by atoms with van der Waals surface area (Å²) in [7, 11) is 0. The van der Waals surface area contributed by atoms with Crippen molar-refractivity contribution < 1.29 is 74.4 Å². The maximum atomic E-state index is 13.7. The summed E-state index contributed by atoms with van der Waals surface area (Å²) in [5.74, 6) is -3.14. The minimum absolute atomic E-state index is 0.0447. The zero-order valence-corrected chi connectivity index (χ0v) is 22.3. The molecule has 0 spiro atoms. The van der Waals surface area contributed by atoms with E-state index in [1.807, 2.05) is 0 Å². The Labute approximate surface area is 241 Å².